The number of aliphatic hydroxyl groups is 1. The first-order valence-corrected chi connectivity index (χ1v) is 6.85. The van der Waals surface area contributed by atoms with Crippen molar-refractivity contribution < 1.29 is 23.4 Å². The first kappa shape index (κ1) is 15.3. The fourth-order valence-electron chi connectivity index (χ4n) is 1.18. The van der Waals surface area contributed by atoms with Crippen LogP contribution in [0, 0.1) is 0 Å². The number of hydrogen-bond donors (Lipinski definition) is 2. The largest absolute Gasteiger partial charge is 0.481 e. The Kier molecular flexibility index (Phi) is 7.27. The summed E-state index contributed by atoms with van der Waals surface area (Å²) in [5.74, 6) is -1.04. The summed E-state index contributed by atoms with van der Waals surface area (Å²) in [6, 6.07) is 0. The highest BCUT2D eigenvalue weighted by molar-refractivity contribution is 7.89. The van der Waals surface area contributed by atoms with Gasteiger partial charge in [-0.15, -0.1) is 0 Å². The molecule has 0 aliphatic heterocycles. The molecule has 0 atom stereocenters. The van der Waals surface area contributed by atoms with Crippen molar-refractivity contribution in [3.8, 4) is 0 Å². The summed E-state index contributed by atoms with van der Waals surface area (Å²) in [7, 11) is -3.43. The minimum absolute atomic E-state index is 0.00309. The van der Waals surface area contributed by atoms with E-state index < -0.39 is 16.0 Å². The van der Waals surface area contributed by atoms with Gasteiger partial charge in [-0.25, -0.2) is 8.42 Å². The van der Waals surface area contributed by atoms with Gasteiger partial charge in [-0.1, -0.05) is 13.3 Å². The zero-order valence-electron chi connectivity index (χ0n) is 9.42. The van der Waals surface area contributed by atoms with E-state index >= 15 is 0 Å². The van der Waals surface area contributed by atoms with E-state index in [-0.39, 0.29) is 31.9 Å². The van der Waals surface area contributed by atoms with Gasteiger partial charge >= 0.3 is 5.97 Å². The summed E-state index contributed by atoms with van der Waals surface area (Å²) >= 11 is 0. The summed E-state index contributed by atoms with van der Waals surface area (Å²) in [6.07, 6.45) is 1.05. The molecule has 0 unspecified atom stereocenters. The zero-order valence-corrected chi connectivity index (χ0v) is 10.2. The lowest BCUT2D eigenvalue weighted by Gasteiger charge is -2.20. The van der Waals surface area contributed by atoms with Crippen LogP contribution in [0.25, 0.3) is 0 Å². The highest BCUT2D eigenvalue weighted by atomic mass is 32.2. The van der Waals surface area contributed by atoms with Crippen molar-refractivity contribution in [3.05, 3.63) is 0 Å². The fraction of sp³-hybridized carbons (Fsp3) is 0.889. The normalized spacial score (nSPS) is 11.9. The van der Waals surface area contributed by atoms with Crippen LogP contribution >= 0.6 is 0 Å². The van der Waals surface area contributed by atoms with Crippen LogP contribution in [-0.4, -0.2) is 54.4 Å². The van der Waals surface area contributed by atoms with Crippen LogP contribution in [-0.2, 0) is 14.8 Å². The molecule has 0 bridgehead atoms. The molecule has 0 rings (SSSR count). The van der Waals surface area contributed by atoms with Gasteiger partial charge in [0.1, 0.15) is 0 Å². The van der Waals surface area contributed by atoms with Gasteiger partial charge in [0.15, 0.2) is 0 Å². The minimum Gasteiger partial charge on any atom is -0.481 e. The first-order chi connectivity index (χ1) is 7.44. The Bertz CT molecular complexity index is 301. The van der Waals surface area contributed by atoms with Crippen molar-refractivity contribution in [2.75, 3.05) is 25.4 Å². The van der Waals surface area contributed by atoms with Crippen molar-refractivity contribution in [1.82, 2.24) is 4.31 Å². The van der Waals surface area contributed by atoms with Crippen LogP contribution < -0.4 is 0 Å². The van der Waals surface area contributed by atoms with E-state index in [1.54, 1.807) is 0 Å². The SMILES string of the molecule is CCCCS(=O)(=O)N(CCO)CCC(=O)O. The molecule has 0 aromatic heterocycles. The average molecular weight is 253 g/mol. The Labute approximate surface area is 95.9 Å². The molecular formula is C9H19NO5S. The van der Waals surface area contributed by atoms with Gasteiger partial charge in [0.25, 0.3) is 0 Å². The zero-order chi connectivity index (χ0) is 12.6. The number of carboxylic acids is 1. The second-order valence-electron chi connectivity index (χ2n) is 3.44. The van der Waals surface area contributed by atoms with Crippen molar-refractivity contribution in [3.63, 3.8) is 0 Å². The number of carbonyl (C=O) groups is 1. The maximum atomic E-state index is 11.7. The smallest absolute Gasteiger partial charge is 0.304 e. The van der Waals surface area contributed by atoms with Crippen LogP contribution in [0.15, 0.2) is 0 Å². The fourth-order valence-corrected chi connectivity index (χ4v) is 2.82. The first-order valence-electron chi connectivity index (χ1n) is 5.24. The van der Waals surface area contributed by atoms with Gasteiger partial charge in [-0.05, 0) is 6.42 Å². The number of aliphatic carboxylic acids is 1. The molecule has 0 heterocycles. The monoisotopic (exact) mass is 253 g/mol. The number of aliphatic hydroxyl groups excluding tert-OH is 1. The van der Waals surface area contributed by atoms with Crippen molar-refractivity contribution in [2.45, 2.75) is 26.2 Å². The van der Waals surface area contributed by atoms with Crippen molar-refractivity contribution in [1.29, 1.82) is 0 Å². The van der Waals surface area contributed by atoms with Gasteiger partial charge in [0.05, 0.1) is 18.8 Å². The number of nitrogens with zero attached hydrogens (tertiary/aromatic N) is 1. The summed E-state index contributed by atoms with van der Waals surface area (Å²) in [5, 5.41) is 17.2. The van der Waals surface area contributed by atoms with Crippen LogP contribution in [0.2, 0.25) is 0 Å². The van der Waals surface area contributed by atoms with Gasteiger partial charge in [-0.3, -0.25) is 4.79 Å². The van der Waals surface area contributed by atoms with Gasteiger partial charge in [-0.2, -0.15) is 4.31 Å². The standard InChI is InChI=1S/C9H19NO5S/c1-2-3-8-16(14,15)10(6-7-11)5-4-9(12)13/h11H,2-8H2,1H3,(H,12,13). The highest BCUT2D eigenvalue weighted by Gasteiger charge is 2.21. The molecular weight excluding hydrogens is 234 g/mol. The predicted octanol–water partition coefficient (Wildman–Crippen LogP) is -0.115. The molecule has 6 nitrogen and oxygen atoms in total. The maximum absolute atomic E-state index is 11.7. The summed E-state index contributed by atoms with van der Waals surface area (Å²) in [6.45, 7) is 1.45. The van der Waals surface area contributed by atoms with E-state index in [0.29, 0.717) is 6.42 Å². The number of sulfonamides is 1. The van der Waals surface area contributed by atoms with E-state index in [4.69, 9.17) is 10.2 Å². The third kappa shape index (κ3) is 6.04. The molecule has 0 fully saturated rings. The third-order valence-corrected chi connectivity index (χ3v) is 4.03. The lowest BCUT2D eigenvalue weighted by Crippen LogP contribution is -2.36. The predicted molar refractivity (Wildman–Crippen MR) is 59.6 cm³/mol. The summed E-state index contributed by atoms with van der Waals surface area (Å²) < 4.78 is 24.5. The summed E-state index contributed by atoms with van der Waals surface area (Å²) in [4.78, 5) is 10.4. The van der Waals surface area contributed by atoms with E-state index in [1.807, 2.05) is 6.92 Å². The Hall–Kier alpha value is -0.660. The molecule has 2 N–H and O–H groups in total. The van der Waals surface area contributed by atoms with Crippen LogP contribution in [0.5, 0.6) is 0 Å². The van der Waals surface area contributed by atoms with Gasteiger partial charge in [0, 0.05) is 13.1 Å². The molecule has 96 valence electrons. The van der Waals surface area contributed by atoms with Crippen LogP contribution in [0.1, 0.15) is 26.2 Å². The molecule has 0 spiro atoms. The molecule has 0 aliphatic rings. The van der Waals surface area contributed by atoms with Crippen molar-refractivity contribution in [2.24, 2.45) is 0 Å². The van der Waals surface area contributed by atoms with Crippen LogP contribution in [0.4, 0.5) is 0 Å². The average Bonchev–Trinajstić information content (AvgIpc) is 2.20. The Morgan fingerprint density at radius 2 is 1.94 bits per heavy atom. The highest BCUT2D eigenvalue weighted by Crippen LogP contribution is 2.05. The molecule has 16 heavy (non-hydrogen) atoms. The van der Waals surface area contributed by atoms with E-state index in [2.05, 4.69) is 0 Å². The second kappa shape index (κ2) is 7.59. The number of carboxylic acid groups (broad SMARTS) is 1. The topological polar surface area (TPSA) is 94.9 Å². The molecule has 0 amide bonds. The number of rotatable bonds is 9. The molecule has 0 aromatic carbocycles. The Balaban J connectivity index is 4.43. The van der Waals surface area contributed by atoms with E-state index in [0.717, 1.165) is 10.7 Å². The number of unbranched alkanes of at least 4 members (excludes halogenated alkanes) is 1. The molecule has 0 radical (unpaired) electrons. The quantitative estimate of drug-likeness (QED) is 0.597. The van der Waals surface area contributed by atoms with E-state index in [9.17, 15) is 13.2 Å². The molecule has 0 saturated heterocycles. The van der Waals surface area contributed by atoms with Crippen LogP contribution in [0.3, 0.4) is 0 Å². The van der Waals surface area contributed by atoms with Gasteiger partial charge < -0.3 is 10.2 Å². The lowest BCUT2D eigenvalue weighted by atomic mass is 10.4. The lowest BCUT2D eigenvalue weighted by molar-refractivity contribution is -0.137. The van der Waals surface area contributed by atoms with Crippen molar-refractivity contribution >= 4 is 16.0 Å². The molecule has 0 aromatic rings. The minimum atomic E-state index is -3.43. The summed E-state index contributed by atoms with van der Waals surface area (Å²) in [5.41, 5.74) is 0. The maximum Gasteiger partial charge on any atom is 0.304 e. The number of hydrogen-bond acceptors (Lipinski definition) is 4. The molecule has 0 aliphatic carbocycles. The molecule has 0 saturated carbocycles. The van der Waals surface area contributed by atoms with Gasteiger partial charge in [0.2, 0.25) is 10.0 Å². The third-order valence-electron chi connectivity index (χ3n) is 2.07. The van der Waals surface area contributed by atoms with E-state index in [1.165, 1.54) is 0 Å². The molecule has 7 heteroatoms. The Morgan fingerprint density at radius 1 is 1.31 bits per heavy atom. The second-order valence-corrected chi connectivity index (χ2v) is 5.52. The Morgan fingerprint density at radius 3 is 2.38 bits per heavy atom.